The van der Waals surface area contributed by atoms with Crippen molar-refractivity contribution in [2.24, 2.45) is 23.2 Å². The summed E-state index contributed by atoms with van der Waals surface area (Å²) in [5, 5.41) is 0. The molecule has 5 rings (SSSR count). The Kier molecular flexibility index (Phi) is 5.52. The highest BCUT2D eigenvalue weighted by atomic mass is 16.5. The lowest BCUT2D eigenvalue weighted by Crippen LogP contribution is -2.49. The smallest absolute Gasteiger partial charge is 0.262 e. The van der Waals surface area contributed by atoms with Crippen LogP contribution >= 0.6 is 0 Å². The molecule has 0 spiro atoms. The van der Waals surface area contributed by atoms with E-state index in [1.807, 2.05) is 0 Å². The van der Waals surface area contributed by atoms with Crippen molar-refractivity contribution in [3.05, 3.63) is 29.8 Å². The van der Waals surface area contributed by atoms with E-state index in [1.165, 1.54) is 44.6 Å². The first kappa shape index (κ1) is 19.8. The molecule has 1 aromatic rings. The van der Waals surface area contributed by atoms with Gasteiger partial charge in [-0.1, -0.05) is 0 Å². The van der Waals surface area contributed by atoms with Gasteiger partial charge in [0.1, 0.15) is 11.5 Å². The summed E-state index contributed by atoms with van der Waals surface area (Å²) in [6.07, 6.45) is 11.2. The van der Waals surface area contributed by atoms with E-state index in [4.69, 9.17) is 9.47 Å². The molecule has 6 heteroatoms. The molecule has 2 amide bonds. The molecule has 0 radical (unpaired) electrons. The van der Waals surface area contributed by atoms with Crippen LogP contribution < -0.4 is 20.3 Å². The SMILES string of the molecule is COc1cc(/C=C/C(=O)NNC(=O)CC23CC4CC(CC(C4)C2)C3)cc(OC)c1. The summed E-state index contributed by atoms with van der Waals surface area (Å²) in [4.78, 5) is 24.6. The first-order chi connectivity index (χ1) is 14.0. The van der Waals surface area contributed by atoms with Crippen molar-refractivity contribution in [2.45, 2.75) is 44.9 Å². The van der Waals surface area contributed by atoms with Crippen molar-refractivity contribution in [1.82, 2.24) is 10.9 Å². The molecule has 0 atom stereocenters. The van der Waals surface area contributed by atoms with E-state index in [9.17, 15) is 9.59 Å². The molecule has 0 aromatic heterocycles. The highest BCUT2D eigenvalue weighted by Gasteiger charge is 2.51. The normalized spacial score (nSPS) is 29.7. The molecule has 156 valence electrons. The van der Waals surface area contributed by atoms with Gasteiger partial charge in [-0.25, -0.2) is 0 Å². The molecule has 0 unspecified atom stereocenters. The third kappa shape index (κ3) is 4.57. The Labute approximate surface area is 172 Å². The van der Waals surface area contributed by atoms with E-state index < -0.39 is 0 Å². The lowest BCUT2D eigenvalue weighted by atomic mass is 9.49. The van der Waals surface area contributed by atoms with E-state index in [-0.39, 0.29) is 17.2 Å². The lowest BCUT2D eigenvalue weighted by Gasteiger charge is -2.56. The maximum atomic E-state index is 12.5. The van der Waals surface area contributed by atoms with Gasteiger partial charge in [0.25, 0.3) is 5.91 Å². The van der Waals surface area contributed by atoms with Crippen LogP contribution in [0.25, 0.3) is 6.08 Å². The van der Waals surface area contributed by atoms with Crippen molar-refractivity contribution < 1.29 is 19.1 Å². The lowest BCUT2D eigenvalue weighted by molar-refractivity contribution is -0.133. The minimum absolute atomic E-state index is 0.0863. The van der Waals surface area contributed by atoms with Gasteiger partial charge in [0.05, 0.1) is 14.2 Å². The fourth-order valence-corrected chi connectivity index (χ4v) is 6.16. The number of hydrogen-bond donors (Lipinski definition) is 2. The van der Waals surface area contributed by atoms with E-state index in [1.54, 1.807) is 38.5 Å². The zero-order valence-electron chi connectivity index (χ0n) is 17.2. The Morgan fingerprint density at radius 2 is 1.52 bits per heavy atom. The number of carbonyl (C=O) groups excluding carboxylic acids is 2. The van der Waals surface area contributed by atoms with Gasteiger partial charge in [-0.05, 0) is 85.5 Å². The predicted molar refractivity (Wildman–Crippen MR) is 110 cm³/mol. The molecular weight excluding hydrogens is 368 g/mol. The van der Waals surface area contributed by atoms with E-state index in [0.717, 1.165) is 23.3 Å². The molecule has 0 aliphatic heterocycles. The second-order valence-corrected chi connectivity index (χ2v) is 9.11. The van der Waals surface area contributed by atoms with Crippen molar-refractivity contribution >= 4 is 17.9 Å². The zero-order chi connectivity index (χ0) is 20.4. The molecule has 4 saturated carbocycles. The quantitative estimate of drug-likeness (QED) is 0.568. The summed E-state index contributed by atoms with van der Waals surface area (Å²) < 4.78 is 10.5. The first-order valence-corrected chi connectivity index (χ1v) is 10.5. The minimum Gasteiger partial charge on any atom is -0.497 e. The summed E-state index contributed by atoms with van der Waals surface area (Å²) >= 11 is 0. The van der Waals surface area contributed by atoms with Gasteiger partial charge in [0.15, 0.2) is 0 Å². The van der Waals surface area contributed by atoms with Crippen molar-refractivity contribution in [3.63, 3.8) is 0 Å². The Hall–Kier alpha value is -2.50. The average Bonchev–Trinajstić information content (AvgIpc) is 2.69. The van der Waals surface area contributed by atoms with Crippen LogP contribution in [-0.4, -0.2) is 26.0 Å². The monoisotopic (exact) mass is 398 g/mol. The predicted octanol–water partition coefficient (Wildman–Crippen LogP) is 3.47. The van der Waals surface area contributed by atoms with Crippen LogP contribution in [0.2, 0.25) is 0 Å². The Bertz CT molecular complexity index is 760. The topological polar surface area (TPSA) is 76.7 Å². The molecule has 0 heterocycles. The fourth-order valence-electron chi connectivity index (χ4n) is 6.16. The van der Waals surface area contributed by atoms with Gasteiger partial charge < -0.3 is 9.47 Å². The largest absolute Gasteiger partial charge is 0.497 e. The summed E-state index contributed by atoms with van der Waals surface area (Å²) in [5.41, 5.74) is 6.04. The number of nitrogens with one attached hydrogen (secondary N) is 2. The van der Waals surface area contributed by atoms with Crippen molar-refractivity contribution in [3.8, 4) is 11.5 Å². The van der Waals surface area contributed by atoms with Crippen LogP contribution in [0.15, 0.2) is 24.3 Å². The van der Waals surface area contributed by atoms with Crippen LogP contribution in [0.5, 0.6) is 11.5 Å². The second-order valence-electron chi connectivity index (χ2n) is 9.11. The molecule has 1 aromatic carbocycles. The number of rotatable bonds is 6. The molecule has 29 heavy (non-hydrogen) atoms. The maximum Gasteiger partial charge on any atom is 0.262 e. The number of benzene rings is 1. The van der Waals surface area contributed by atoms with Gasteiger partial charge in [-0.2, -0.15) is 0 Å². The Morgan fingerprint density at radius 3 is 2.03 bits per heavy atom. The van der Waals surface area contributed by atoms with Crippen LogP contribution in [0.3, 0.4) is 0 Å². The summed E-state index contributed by atoms with van der Waals surface area (Å²) in [7, 11) is 3.16. The Balaban J connectivity index is 1.29. The van der Waals surface area contributed by atoms with E-state index in [2.05, 4.69) is 10.9 Å². The van der Waals surface area contributed by atoms with Gasteiger partial charge in [0, 0.05) is 18.6 Å². The fraction of sp³-hybridized carbons (Fsp3) is 0.565. The van der Waals surface area contributed by atoms with Crippen LogP contribution in [0, 0.1) is 23.2 Å². The summed E-state index contributed by atoms with van der Waals surface area (Å²) in [6.45, 7) is 0. The third-order valence-electron chi connectivity index (χ3n) is 6.83. The van der Waals surface area contributed by atoms with Crippen LogP contribution in [-0.2, 0) is 9.59 Å². The van der Waals surface area contributed by atoms with E-state index >= 15 is 0 Å². The number of methoxy groups -OCH3 is 2. The van der Waals surface area contributed by atoms with Crippen LogP contribution in [0.4, 0.5) is 0 Å². The van der Waals surface area contributed by atoms with E-state index in [0.29, 0.717) is 17.9 Å². The number of hydrazine groups is 1. The van der Waals surface area contributed by atoms with Gasteiger partial charge >= 0.3 is 0 Å². The first-order valence-electron chi connectivity index (χ1n) is 10.5. The maximum absolute atomic E-state index is 12.5. The highest BCUT2D eigenvalue weighted by molar-refractivity contribution is 5.93. The standard InChI is InChI=1S/C23H30N2O4/c1-28-19-8-15(9-20(10-19)29-2)3-4-21(26)24-25-22(27)14-23-11-16-5-17(12-23)7-18(6-16)13-23/h3-4,8-10,16-18H,5-7,11-14H2,1-2H3,(H,24,26)(H,25,27)/b4-3+. The number of ether oxygens (including phenoxy) is 2. The third-order valence-corrected chi connectivity index (χ3v) is 6.83. The summed E-state index contributed by atoms with van der Waals surface area (Å²) in [6, 6.07) is 5.37. The van der Waals surface area contributed by atoms with Gasteiger partial charge in [-0.15, -0.1) is 0 Å². The Morgan fingerprint density at radius 1 is 0.966 bits per heavy atom. The number of hydrogen-bond acceptors (Lipinski definition) is 4. The number of carbonyl (C=O) groups is 2. The molecule has 4 aliphatic carbocycles. The molecule has 2 N–H and O–H groups in total. The average molecular weight is 399 g/mol. The summed E-state index contributed by atoms with van der Waals surface area (Å²) in [5.74, 6) is 3.27. The molecule has 4 bridgehead atoms. The highest BCUT2D eigenvalue weighted by Crippen LogP contribution is 2.61. The second kappa shape index (κ2) is 8.09. The number of amides is 2. The molecule has 0 saturated heterocycles. The minimum atomic E-state index is -0.370. The zero-order valence-corrected chi connectivity index (χ0v) is 17.2. The van der Waals surface area contributed by atoms with Crippen molar-refractivity contribution in [2.75, 3.05) is 14.2 Å². The van der Waals surface area contributed by atoms with Gasteiger partial charge in [0.2, 0.25) is 5.91 Å². The molecule has 4 fully saturated rings. The molecular formula is C23H30N2O4. The van der Waals surface area contributed by atoms with Crippen molar-refractivity contribution in [1.29, 1.82) is 0 Å². The molecule has 6 nitrogen and oxygen atoms in total. The van der Waals surface area contributed by atoms with Crippen LogP contribution in [0.1, 0.15) is 50.5 Å². The molecule has 4 aliphatic rings. The van der Waals surface area contributed by atoms with Gasteiger partial charge in [-0.3, -0.25) is 20.4 Å².